The summed E-state index contributed by atoms with van der Waals surface area (Å²) in [5.41, 5.74) is 4.70. The van der Waals surface area contributed by atoms with Gasteiger partial charge in [-0.3, -0.25) is 14.4 Å². The molecule has 0 unspecified atom stereocenters. The minimum absolute atomic E-state index is 0.725. The molecule has 4 aromatic heterocycles. The largest absolute Gasteiger partial charge is 0.328 e. The van der Waals surface area contributed by atoms with Crippen LogP contribution in [0.4, 0.5) is 10.8 Å². The molecule has 0 aliphatic carbocycles. The molecule has 0 fully saturated rings. The van der Waals surface area contributed by atoms with Crippen molar-refractivity contribution < 1.29 is 0 Å². The average molecular weight is 382 g/mol. The van der Waals surface area contributed by atoms with Crippen molar-refractivity contribution in [3.63, 3.8) is 0 Å². The minimum Gasteiger partial charge on any atom is -0.328 e. The maximum Gasteiger partial charge on any atom is 0.180 e. The van der Waals surface area contributed by atoms with E-state index >= 15 is 0 Å². The maximum atomic E-state index is 4.64. The first kappa shape index (κ1) is 17.6. The predicted molar refractivity (Wildman–Crippen MR) is 107 cm³/mol. The SMILES string of the molecule is CCN(CC)Cc1cc(Nc2nc(C)cn3c(-c4cn[nH]c4)cnc23)sn1. The van der Waals surface area contributed by atoms with Crippen molar-refractivity contribution in [2.24, 2.45) is 0 Å². The summed E-state index contributed by atoms with van der Waals surface area (Å²) in [6, 6.07) is 2.09. The number of hydrogen-bond donors (Lipinski definition) is 2. The van der Waals surface area contributed by atoms with Crippen LogP contribution >= 0.6 is 11.5 Å². The van der Waals surface area contributed by atoms with Crippen LogP contribution < -0.4 is 5.32 Å². The van der Waals surface area contributed by atoms with Crippen LogP contribution in [0.15, 0.2) is 30.9 Å². The second kappa shape index (κ2) is 7.45. The fourth-order valence-electron chi connectivity index (χ4n) is 3.04. The first-order chi connectivity index (χ1) is 13.2. The minimum atomic E-state index is 0.725. The molecule has 4 rings (SSSR count). The Labute approximate surface area is 161 Å². The molecule has 140 valence electrons. The van der Waals surface area contributed by atoms with Crippen molar-refractivity contribution in [3.05, 3.63) is 42.2 Å². The third-order valence-electron chi connectivity index (χ3n) is 4.49. The van der Waals surface area contributed by atoms with Gasteiger partial charge in [0.1, 0.15) is 5.00 Å². The molecule has 0 bridgehead atoms. The number of anilines is 2. The Morgan fingerprint density at radius 2 is 2.11 bits per heavy atom. The number of rotatable bonds is 7. The van der Waals surface area contributed by atoms with Crippen molar-refractivity contribution in [2.45, 2.75) is 27.3 Å². The molecule has 0 atom stereocenters. The predicted octanol–water partition coefficient (Wildman–Crippen LogP) is 3.47. The van der Waals surface area contributed by atoms with Crippen LogP contribution in [0.1, 0.15) is 25.2 Å². The highest BCUT2D eigenvalue weighted by atomic mass is 32.1. The van der Waals surface area contributed by atoms with E-state index in [1.54, 1.807) is 6.20 Å². The number of fused-ring (bicyclic) bond motifs is 1. The Morgan fingerprint density at radius 1 is 1.26 bits per heavy atom. The Bertz CT molecular complexity index is 1030. The monoisotopic (exact) mass is 382 g/mol. The van der Waals surface area contributed by atoms with Gasteiger partial charge in [0.25, 0.3) is 0 Å². The summed E-state index contributed by atoms with van der Waals surface area (Å²) in [5.74, 6) is 0.725. The topological polar surface area (TPSA) is 87.0 Å². The Morgan fingerprint density at radius 3 is 2.85 bits per heavy atom. The van der Waals surface area contributed by atoms with E-state index in [9.17, 15) is 0 Å². The van der Waals surface area contributed by atoms with Gasteiger partial charge in [-0.15, -0.1) is 0 Å². The van der Waals surface area contributed by atoms with Crippen LogP contribution in [0, 0.1) is 6.92 Å². The second-order valence-corrected chi connectivity index (χ2v) is 7.13. The number of aromatic amines is 1. The lowest BCUT2D eigenvalue weighted by Gasteiger charge is -2.15. The molecule has 0 radical (unpaired) electrons. The van der Waals surface area contributed by atoms with E-state index < -0.39 is 0 Å². The number of imidazole rings is 1. The molecule has 4 aromatic rings. The van der Waals surface area contributed by atoms with Crippen molar-refractivity contribution in [3.8, 4) is 11.3 Å². The summed E-state index contributed by atoms with van der Waals surface area (Å²) in [6.45, 7) is 9.19. The van der Waals surface area contributed by atoms with Crippen LogP contribution in [0.25, 0.3) is 16.9 Å². The number of H-pyrrole nitrogens is 1. The van der Waals surface area contributed by atoms with Crippen LogP contribution in [-0.2, 0) is 6.54 Å². The fraction of sp³-hybridized carbons (Fsp3) is 0.333. The zero-order valence-electron chi connectivity index (χ0n) is 15.6. The number of nitrogens with one attached hydrogen (secondary N) is 2. The molecule has 0 amide bonds. The normalized spacial score (nSPS) is 11.6. The van der Waals surface area contributed by atoms with E-state index in [1.165, 1.54) is 11.5 Å². The van der Waals surface area contributed by atoms with Crippen molar-refractivity contribution >= 4 is 28.0 Å². The summed E-state index contributed by atoms with van der Waals surface area (Å²) < 4.78 is 6.60. The van der Waals surface area contributed by atoms with E-state index in [1.807, 2.05) is 29.9 Å². The lowest BCUT2D eigenvalue weighted by Crippen LogP contribution is -2.22. The molecule has 0 spiro atoms. The highest BCUT2D eigenvalue weighted by Gasteiger charge is 2.14. The molecular formula is C18H22N8S. The smallest absolute Gasteiger partial charge is 0.180 e. The molecule has 0 aliphatic rings. The molecule has 4 heterocycles. The Kier molecular flexibility index (Phi) is 4.87. The van der Waals surface area contributed by atoms with Gasteiger partial charge in [-0.05, 0) is 37.6 Å². The molecule has 9 heteroatoms. The van der Waals surface area contributed by atoms with E-state index in [0.717, 1.165) is 58.7 Å². The summed E-state index contributed by atoms with van der Waals surface area (Å²) >= 11 is 1.45. The number of nitrogens with zero attached hydrogens (tertiary/aromatic N) is 6. The van der Waals surface area contributed by atoms with Crippen molar-refractivity contribution in [1.82, 2.24) is 33.8 Å². The first-order valence-electron chi connectivity index (χ1n) is 8.96. The van der Waals surface area contributed by atoms with E-state index in [2.05, 4.69) is 54.7 Å². The summed E-state index contributed by atoms with van der Waals surface area (Å²) in [7, 11) is 0. The van der Waals surface area contributed by atoms with Gasteiger partial charge >= 0.3 is 0 Å². The first-order valence-corrected chi connectivity index (χ1v) is 9.74. The molecule has 2 N–H and O–H groups in total. The van der Waals surface area contributed by atoms with Gasteiger partial charge in [-0.25, -0.2) is 9.97 Å². The highest BCUT2D eigenvalue weighted by Crippen LogP contribution is 2.27. The van der Waals surface area contributed by atoms with Crippen LogP contribution in [0.3, 0.4) is 0 Å². The quantitative estimate of drug-likeness (QED) is 0.509. The third kappa shape index (κ3) is 3.56. The standard InChI is InChI=1S/C18H22N8S/c1-4-25(5-2)11-14-6-16(27-24-14)23-17-18-19-9-15(13-7-20-21-8-13)26(18)10-12(3)22-17/h6-10H,4-5,11H2,1-3H3,(H,20,21)(H,22,23). The van der Waals surface area contributed by atoms with Gasteiger partial charge in [0.05, 0.1) is 29.5 Å². The molecular weight excluding hydrogens is 360 g/mol. The van der Waals surface area contributed by atoms with Crippen LogP contribution in [-0.4, -0.2) is 46.9 Å². The van der Waals surface area contributed by atoms with E-state index in [0.29, 0.717) is 0 Å². The Hall–Kier alpha value is -2.78. The molecule has 0 aromatic carbocycles. The third-order valence-corrected chi connectivity index (χ3v) is 5.23. The Balaban J connectivity index is 1.64. The van der Waals surface area contributed by atoms with Gasteiger partial charge in [0, 0.05) is 24.5 Å². The zero-order chi connectivity index (χ0) is 18.8. The van der Waals surface area contributed by atoms with Gasteiger partial charge in [0.2, 0.25) is 0 Å². The lowest BCUT2D eigenvalue weighted by atomic mass is 10.3. The fourth-order valence-corrected chi connectivity index (χ4v) is 3.69. The van der Waals surface area contributed by atoms with Gasteiger partial charge < -0.3 is 5.32 Å². The molecule has 0 aliphatic heterocycles. The van der Waals surface area contributed by atoms with Crippen molar-refractivity contribution in [1.29, 1.82) is 0 Å². The molecule has 0 saturated heterocycles. The van der Waals surface area contributed by atoms with Gasteiger partial charge in [0.15, 0.2) is 11.5 Å². The van der Waals surface area contributed by atoms with Crippen molar-refractivity contribution in [2.75, 3.05) is 18.4 Å². The summed E-state index contributed by atoms with van der Waals surface area (Å²) in [5, 5.41) is 11.2. The highest BCUT2D eigenvalue weighted by molar-refractivity contribution is 7.10. The number of aromatic nitrogens is 6. The zero-order valence-corrected chi connectivity index (χ0v) is 16.4. The molecule has 27 heavy (non-hydrogen) atoms. The summed E-state index contributed by atoms with van der Waals surface area (Å²) in [4.78, 5) is 11.6. The molecule has 8 nitrogen and oxygen atoms in total. The summed E-state index contributed by atoms with van der Waals surface area (Å²) in [6.07, 6.45) is 7.46. The number of aryl methyl sites for hydroxylation is 1. The van der Waals surface area contributed by atoms with Crippen LogP contribution in [0.2, 0.25) is 0 Å². The second-order valence-electron chi connectivity index (χ2n) is 6.32. The van der Waals surface area contributed by atoms with Gasteiger partial charge in [-0.2, -0.15) is 9.47 Å². The average Bonchev–Trinajstić information content (AvgIpc) is 3.40. The van der Waals surface area contributed by atoms with Crippen LogP contribution in [0.5, 0.6) is 0 Å². The maximum absolute atomic E-state index is 4.64. The van der Waals surface area contributed by atoms with E-state index in [4.69, 9.17) is 0 Å². The molecule has 0 saturated carbocycles. The van der Waals surface area contributed by atoms with E-state index in [-0.39, 0.29) is 0 Å². The number of hydrogen-bond acceptors (Lipinski definition) is 7. The van der Waals surface area contributed by atoms with Gasteiger partial charge in [-0.1, -0.05) is 13.8 Å². The lowest BCUT2D eigenvalue weighted by molar-refractivity contribution is 0.293.